The Morgan fingerprint density at radius 3 is 2.85 bits per heavy atom. The Morgan fingerprint density at radius 1 is 1.10 bits per heavy atom. The molecule has 0 radical (unpaired) electrons. The largest absolute Gasteiger partial charge is 0.353 e. The maximum atomic E-state index is 13.6. The number of halogens is 1. The third-order valence-electron chi connectivity index (χ3n) is 3.63. The first-order valence-corrected chi connectivity index (χ1v) is 6.48. The second kappa shape index (κ2) is 4.26. The average molecular weight is 269 g/mol. The molecule has 1 aliphatic rings. The summed E-state index contributed by atoms with van der Waals surface area (Å²) in [6.45, 7) is 1.42. The summed E-state index contributed by atoms with van der Waals surface area (Å²) in [5.74, 6) is 1.32. The number of anilines is 1. The van der Waals surface area contributed by atoms with Gasteiger partial charge in [-0.05, 0) is 24.3 Å². The average Bonchev–Trinajstić information content (AvgIpc) is 2.83. The summed E-state index contributed by atoms with van der Waals surface area (Å²) < 4.78 is 15.6. The van der Waals surface area contributed by atoms with Crippen LogP contribution in [0.4, 0.5) is 10.2 Å². The molecule has 3 aromatic heterocycles. The van der Waals surface area contributed by atoms with Gasteiger partial charge in [0.2, 0.25) is 0 Å². The van der Waals surface area contributed by atoms with Gasteiger partial charge in [-0.2, -0.15) is 0 Å². The number of pyridine rings is 2. The quantitative estimate of drug-likeness (QED) is 0.712. The van der Waals surface area contributed by atoms with Crippen LogP contribution in [0.5, 0.6) is 0 Å². The second-order valence-corrected chi connectivity index (χ2v) is 4.90. The molecule has 1 fully saturated rings. The van der Waals surface area contributed by atoms with Crippen LogP contribution in [0, 0.1) is 5.82 Å². The van der Waals surface area contributed by atoms with E-state index in [0.29, 0.717) is 18.9 Å². The Labute approximate surface area is 114 Å². The predicted molar refractivity (Wildman–Crippen MR) is 72.1 cm³/mol. The maximum absolute atomic E-state index is 13.6. The number of hydrogen-bond donors (Lipinski definition) is 0. The van der Waals surface area contributed by atoms with Gasteiger partial charge in [0, 0.05) is 25.5 Å². The lowest BCUT2D eigenvalue weighted by Gasteiger charge is -2.39. The van der Waals surface area contributed by atoms with E-state index in [2.05, 4.69) is 15.2 Å². The Kier molecular flexibility index (Phi) is 2.42. The summed E-state index contributed by atoms with van der Waals surface area (Å²) in [5, 5.41) is 8.38. The van der Waals surface area contributed by atoms with Crippen molar-refractivity contribution in [2.45, 2.75) is 5.92 Å². The van der Waals surface area contributed by atoms with Gasteiger partial charge in [-0.15, -0.1) is 10.2 Å². The van der Waals surface area contributed by atoms with E-state index in [0.717, 1.165) is 11.5 Å². The second-order valence-electron chi connectivity index (χ2n) is 4.90. The summed E-state index contributed by atoms with van der Waals surface area (Å²) in [5.41, 5.74) is 0.838. The molecule has 0 spiro atoms. The molecule has 0 aromatic carbocycles. The number of rotatable bonds is 2. The van der Waals surface area contributed by atoms with Crippen molar-refractivity contribution >= 4 is 11.5 Å². The van der Waals surface area contributed by atoms with E-state index >= 15 is 0 Å². The van der Waals surface area contributed by atoms with E-state index in [-0.39, 0.29) is 11.7 Å². The Morgan fingerprint density at radius 2 is 2.00 bits per heavy atom. The van der Waals surface area contributed by atoms with E-state index in [1.165, 1.54) is 6.07 Å². The van der Waals surface area contributed by atoms with Crippen molar-refractivity contribution < 1.29 is 4.39 Å². The fraction of sp³-hybridized carbons (Fsp3) is 0.214. The lowest BCUT2D eigenvalue weighted by atomic mass is 9.99. The zero-order valence-electron chi connectivity index (χ0n) is 10.6. The molecule has 1 aliphatic heterocycles. The van der Waals surface area contributed by atoms with Gasteiger partial charge < -0.3 is 4.90 Å². The van der Waals surface area contributed by atoms with Crippen LogP contribution in [-0.2, 0) is 0 Å². The highest BCUT2D eigenvalue weighted by atomic mass is 19.1. The molecule has 6 heteroatoms. The molecule has 5 nitrogen and oxygen atoms in total. The maximum Gasteiger partial charge on any atom is 0.165 e. The Balaban J connectivity index is 1.58. The molecule has 1 saturated heterocycles. The van der Waals surface area contributed by atoms with Crippen molar-refractivity contribution in [2.75, 3.05) is 18.0 Å². The van der Waals surface area contributed by atoms with Crippen LogP contribution in [0.3, 0.4) is 0 Å². The van der Waals surface area contributed by atoms with Crippen molar-refractivity contribution in [1.82, 2.24) is 19.6 Å². The van der Waals surface area contributed by atoms with Gasteiger partial charge in [0.05, 0.1) is 5.92 Å². The molecule has 4 rings (SSSR count). The van der Waals surface area contributed by atoms with E-state index < -0.39 is 0 Å². The van der Waals surface area contributed by atoms with Crippen molar-refractivity contribution in [2.24, 2.45) is 0 Å². The summed E-state index contributed by atoms with van der Waals surface area (Å²) >= 11 is 0. The van der Waals surface area contributed by atoms with E-state index in [1.54, 1.807) is 12.3 Å². The smallest absolute Gasteiger partial charge is 0.165 e. The summed E-state index contributed by atoms with van der Waals surface area (Å²) in [6, 6.07) is 8.84. The van der Waals surface area contributed by atoms with Gasteiger partial charge in [-0.1, -0.05) is 6.07 Å². The Hall–Kier alpha value is -2.50. The van der Waals surface area contributed by atoms with Crippen LogP contribution >= 0.6 is 0 Å². The molecular formula is C14H12FN5. The van der Waals surface area contributed by atoms with Crippen LogP contribution in [-0.4, -0.2) is 32.7 Å². The molecule has 3 aromatic rings. The van der Waals surface area contributed by atoms with Crippen LogP contribution in [0.2, 0.25) is 0 Å². The highest BCUT2D eigenvalue weighted by Gasteiger charge is 2.33. The topological polar surface area (TPSA) is 46.3 Å². The number of aromatic nitrogens is 4. The molecule has 4 heterocycles. The van der Waals surface area contributed by atoms with E-state index in [1.807, 2.05) is 33.7 Å². The zero-order chi connectivity index (χ0) is 13.5. The van der Waals surface area contributed by atoms with Crippen molar-refractivity contribution in [3.8, 4) is 0 Å². The van der Waals surface area contributed by atoms with Crippen LogP contribution in [0.15, 0.2) is 42.7 Å². The van der Waals surface area contributed by atoms with Crippen molar-refractivity contribution in [1.29, 1.82) is 0 Å². The molecule has 0 atom stereocenters. The van der Waals surface area contributed by atoms with Crippen LogP contribution < -0.4 is 4.90 Å². The lowest BCUT2D eigenvalue weighted by Crippen LogP contribution is -2.46. The molecule has 0 unspecified atom stereocenters. The van der Waals surface area contributed by atoms with E-state index in [9.17, 15) is 4.39 Å². The molecule has 100 valence electrons. The van der Waals surface area contributed by atoms with Crippen LogP contribution in [0.25, 0.3) is 5.65 Å². The van der Waals surface area contributed by atoms with Gasteiger partial charge in [0.25, 0.3) is 0 Å². The first-order chi connectivity index (χ1) is 9.83. The Bertz CT molecular complexity index is 763. The van der Waals surface area contributed by atoms with Gasteiger partial charge in [0.15, 0.2) is 17.3 Å². The highest BCUT2D eigenvalue weighted by Crippen LogP contribution is 2.30. The van der Waals surface area contributed by atoms with E-state index in [4.69, 9.17) is 0 Å². The van der Waals surface area contributed by atoms with Crippen molar-refractivity contribution in [3.05, 3.63) is 54.4 Å². The van der Waals surface area contributed by atoms with Gasteiger partial charge in [0.1, 0.15) is 5.82 Å². The summed E-state index contributed by atoms with van der Waals surface area (Å²) in [6.07, 6.45) is 3.56. The predicted octanol–water partition coefficient (Wildman–Crippen LogP) is 1.87. The standard InChI is InChI=1S/C14H12FN5/c15-11-4-3-6-16-14(11)19-8-10(9-19)13-18-17-12-5-1-2-7-20(12)13/h1-7,10H,8-9H2. The molecule has 0 aliphatic carbocycles. The molecule has 0 bridgehead atoms. The third kappa shape index (κ3) is 1.65. The molecule has 0 amide bonds. The zero-order valence-corrected chi connectivity index (χ0v) is 10.6. The monoisotopic (exact) mass is 269 g/mol. The van der Waals surface area contributed by atoms with Gasteiger partial charge in [-0.25, -0.2) is 9.37 Å². The highest BCUT2D eigenvalue weighted by molar-refractivity contribution is 5.46. The summed E-state index contributed by atoms with van der Waals surface area (Å²) in [7, 11) is 0. The van der Waals surface area contributed by atoms with Crippen LogP contribution in [0.1, 0.15) is 11.7 Å². The molecule has 20 heavy (non-hydrogen) atoms. The normalized spacial score (nSPS) is 15.6. The fourth-order valence-electron chi connectivity index (χ4n) is 2.56. The minimum Gasteiger partial charge on any atom is -0.353 e. The third-order valence-corrected chi connectivity index (χ3v) is 3.63. The fourth-order valence-corrected chi connectivity index (χ4v) is 2.56. The summed E-state index contributed by atoms with van der Waals surface area (Å²) in [4.78, 5) is 6.01. The number of hydrogen-bond acceptors (Lipinski definition) is 4. The van der Waals surface area contributed by atoms with Gasteiger partial charge >= 0.3 is 0 Å². The first-order valence-electron chi connectivity index (χ1n) is 6.48. The number of fused-ring (bicyclic) bond motifs is 1. The lowest BCUT2D eigenvalue weighted by molar-refractivity contribution is 0.479. The minimum atomic E-state index is -0.281. The molecule has 0 saturated carbocycles. The minimum absolute atomic E-state index is 0.258. The first kappa shape index (κ1) is 11.3. The number of nitrogens with zero attached hydrogens (tertiary/aromatic N) is 5. The molecule has 0 N–H and O–H groups in total. The van der Waals surface area contributed by atoms with Crippen molar-refractivity contribution in [3.63, 3.8) is 0 Å². The van der Waals surface area contributed by atoms with Gasteiger partial charge in [-0.3, -0.25) is 4.40 Å². The SMILES string of the molecule is Fc1cccnc1N1CC(c2nnc3ccccn23)C1. The molecular weight excluding hydrogens is 257 g/mol.